The maximum absolute atomic E-state index is 13.2. The first-order valence-electron chi connectivity index (χ1n) is 10.9. The average Bonchev–Trinajstić information content (AvgIpc) is 3.06. The van der Waals surface area contributed by atoms with Crippen LogP contribution in [-0.2, 0) is 21.3 Å². The van der Waals surface area contributed by atoms with Crippen LogP contribution in [0.2, 0.25) is 0 Å². The lowest BCUT2D eigenvalue weighted by atomic mass is 10.1. The molecule has 10 nitrogen and oxygen atoms in total. The number of hydrazone groups is 1. The molecule has 0 fully saturated rings. The second-order valence-corrected chi connectivity index (χ2v) is 9.85. The standard InChI is InChI=1S/C24H29N5O5S/c1-16-6-8-22(17(2)12-16)27-35(32,33)24-14-21(29(30)31)7-9-23(24)26-25-15-20-13-18(3)28(19(20)4)10-11-34-5/h6-9,12-15,26-27H,10-11H2,1-5H3/b25-15-. The van der Waals surface area contributed by atoms with Gasteiger partial charge in [0, 0.05) is 42.7 Å². The summed E-state index contributed by atoms with van der Waals surface area (Å²) in [7, 11) is -2.52. The molecular weight excluding hydrogens is 470 g/mol. The van der Waals surface area contributed by atoms with Crippen molar-refractivity contribution in [3.05, 3.63) is 80.7 Å². The molecule has 3 rings (SSSR count). The second-order valence-electron chi connectivity index (χ2n) is 8.20. The molecule has 1 aromatic heterocycles. The molecule has 0 amide bonds. The molecule has 0 aliphatic rings. The minimum Gasteiger partial charge on any atom is -0.383 e. The van der Waals surface area contributed by atoms with Crippen LogP contribution in [-0.4, -0.2) is 37.8 Å². The van der Waals surface area contributed by atoms with Crippen molar-refractivity contribution in [1.29, 1.82) is 0 Å². The van der Waals surface area contributed by atoms with Crippen LogP contribution in [0.5, 0.6) is 0 Å². The number of ether oxygens (including phenoxy) is 1. The zero-order valence-corrected chi connectivity index (χ0v) is 21.1. The van der Waals surface area contributed by atoms with Gasteiger partial charge in [0.25, 0.3) is 15.7 Å². The number of aryl methyl sites for hydroxylation is 3. The van der Waals surface area contributed by atoms with Gasteiger partial charge in [0.2, 0.25) is 0 Å². The first-order valence-corrected chi connectivity index (χ1v) is 12.3. The van der Waals surface area contributed by atoms with Gasteiger partial charge in [0.1, 0.15) is 4.90 Å². The minimum absolute atomic E-state index is 0.109. The van der Waals surface area contributed by atoms with Crippen molar-refractivity contribution in [2.75, 3.05) is 23.9 Å². The summed E-state index contributed by atoms with van der Waals surface area (Å²) in [5, 5.41) is 15.5. The number of aromatic nitrogens is 1. The number of nitro benzene ring substituents is 1. The molecule has 2 N–H and O–H groups in total. The third kappa shape index (κ3) is 6.06. The lowest BCUT2D eigenvalue weighted by Gasteiger charge is -2.14. The Morgan fingerprint density at radius 3 is 2.46 bits per heavy atom. The van der Waals surface area contributed by atoms with E-state index in [2.05, 4.69) is 19.8 Å². The summed E-state index contributed by atoms with van der Waals surface area (Å²) in [5.41, 5.74) is 7.48. The van der Waals surface area contributed by atoms with E-state index in [-0.39, 0.29) is 16.3 Å². The Morgan fingerprint density at radius 1 is 1.09 bits per heavy atom. The van der Waals surface area contributed by atoms with Crippen LogP contribution in [0, 0.1) is 37.8 Å². The van der Waals surface area contributed by atoms with Crippen LogP contribution in [0.4, 0.5) is 17.1 Å². The molecule has 2 aromatic carbocycles. The highest BCUT2D eigenvalue weighted by molar-refractivity contribution is 7.92. The summed E-state index contributed by atoms with van der Waals surface area (Å²) >= 11 is 0. The number of rotatable bonds is 10. The summed E-state index contributed by atoms with van der Waals surface area (Å²) in [6, 6.07) is 10.8. The van der Waals surface area contributed by atoms with Crippen molar-refractivity contribution in [2.24, 2.45) is 5.10 Å². The first-order chi connectivity index (χ1) is 16.5. The minimum atomic E-state index is -4.16. The maximum atomic E-state index is 13.2. The van der Waals surface area contributed by atoms with Gasteiger partial charge in [-0.05, 0) is 51.5 Å². The third-order valence-corrected chi connectivity index (χ3v) is 7.02. The van der Waals surface area contributed by atoms with Crippen LogP contribution >= 0.6 is 0 Å². The Balaban J connectivity index is 1.93. The molecule has 0 saturated carbocycles. The highest BCUT2D eigenvalue weighted by atomic mass is 32.2. The number of hydrogen-bond donors (Lipinski definition) is 2. The number of nitro groups is 1. The van der Waals surface area contributed by atoms with Gasteiger partial charge < -0.3 is 9.30 Å². The molecule has 1 heterocycles. The van der Waals surface area contributed by atoms with Crippen molar-refractivity contribution in [3.63, 3.8) is 0 Å². The molecule has 0 atom stereocenters. The topological polar surface area (TPSA) is 128 Å². The average molecular weight is 500 g/mol. The number of hydrogen-bond acceptors (Lipinski definition) is 7. The summed E-state index contributed by atoms with van der Waals surface area (Å²) in [4.78, 5) is 10.4. The first kappa shape index (κ1) is 25.9. The Bertz CT molecular complexity index is 1380. The van der Waals surface area contributed by atoms with Gasteiger partial charge in [-0.3, -0.25) is 20.3 Å². The number of nitrogens with zero attached hydrogens (tertiary/aromatic N) is 3. The quantitative estimate of drug-likeness (QED) is 0.240. The normalized spacial score (nSPS) is 11.7. The summed E-state index contributed by atoms with van der Waals surface area (Å²) in [6.45, 7) is 8.89. The van der Waals surface area contributed by atoms with E-state index in [0.717, 1.165) is 34.1 Å². The number of anilines is 2. The highest BCUT2D eigenvalue weighted by Gasteiger charge is 2.23. The SMILES string of the molecule is COCCn1c(C)cc(/C=N\Nc2ccc([N+](=O)[O-])cc2S(=O)(=O)Nc2ccc(C)cc2C)c1C. The number of non-ortho nitro benzene ring substituents is 1. The van der Waals surface area contributed by atoms with E-state index < -0.39 is 14.9 Å². The molecule has 0 aliphatic carbocycles. The molecule has 11 heteroatoms. The molecule has 0 bridgehead atoms. The predicted molar refractivity (Wildman–Crippen MR) is 137 cm³/mol. The van der Waals surface area contributed by atoms with Gasteiger partial charge >= 0.3 is 0 Å². The Kier molecular flexibility index (Phi) is 7.92. The highest BCUT2D eigenvalue weighted by Crippen LogP contribution is 2.29. The molecular formula is C24H29N5O5S. The van der Waals surface area contributed by atoms with Gasteiger partial charge in [0.05, 0.1) is 29.1 Å². The fourth-order valence-electron chi connectivity index (χ4n) is 3.72. The molecule has 0 unspecified atom stereocenters. The second kappa shape index (κ2) is 10.7. The van der Waals surface area contributed by atoms with Gasteiger partial charge in [-0.25, -0.2) is 8.42 Å². The van der Waals surface area contributed by atoms with E-state index in [0.29, 0.717) is 18.8 Å². The smallest absolute Gasteiger partial charge is 0.270 e. The number of nitrogens with one attached hydrogen (secondary N) is 2. The molecule has 0 aliphatic heterocycles. The summed E-state index contributed by atoms with van der Waals surface area (Å²) < 4.78 is 36.2. The van der Waals surface area contributed by atoms with Crippen LogP contribution < -0.4 is 10.1 Å². The molecule has 3 aromatic rings. The van der Waals surface area contributed by atoms with Crippen molar-refractivity contribution in [1.82, 2.24) is 4.57 Å². The molecule has 35 heavy (non-hydrogen) atoms. The number of benzene rings is 2. The molecule has 0 saturated heterocycles. The van der Waals surface area contributed by atoms with Gasteiger partial charge in [0.15, 0.2) is 0 Å². The van der Waals surface area contributed by atoms with Crippen molar-refractivity contribution >= 4 is 33.3 Å². The summed E-state index contributed by atoms with van der Waals surface area (Å²) in [6.07, 6.45) is 1.58. The van der Waals surface area contributed by atoms with Gasteiger partial charge in [-0.2, -0.15) is 5.10 Å². The van der Waals surface area contributed by atoms with Crippen molar-refractivity contribution in [3.8, 4) is 0 Å². The van der Waals surface area contributed by atoms with Crippen LogP contribution in [0.25, 0.3) is 0 Å². The van der Waals surface area contributed by atoms with Crippen LogP contribution in [0.1, 0.15) is 28.1 Å². The van der Waals surface area contributed by atoms with Crippen LogP contribution in [0.3, 0.4) is 0 Å². The van der Waals surface area contributed by atoms with Crippen molar-refractivity contribution in [2.45, 2.75) is 39.1 Å². The zero-order chi connectivity index (χ0) is 25.8. The fraction of sp³-hybridized carbons (Fsp3) is 0.292. The largest absolute Gasteiger partial charge is 0.383 e. The maximum Gasteiger partial charge on any atom is 0.270 e. The van der Waals surface area contributed by atoms with Crippen LogP contribution in [0.15, 0.2) is 52.5 Å². The lowest BCUT2D eigenvalue weighted by molar-refractivity contribution is -0.385. The number of sulfonamides is 1. The monoisotopic (exact) mass is 499 g/mol. The van der Waals surface area contributed by atoms with E-state index in [1.54, 1.807) is 32.4 Å². The summed E-state index contributed by atoms with van der Waals surface area (Å²) in [5.74, 6) is 0. The van der Waals surface area contributed by atoms with E-state index in [9.17, 15) is 18.5 Å². The Hall–Kier alpha value is -3.70. The Labute approximate surface area is 204 Å². The van der Waals surface area contributed by atoms with E-state index >= 15 is 0 Å². The fourth-order valence-corrected chi connectivity index (χ4v) is 5.03. The zero-order valence-electron chi connectivity index (χ0n) is 20.3. The number of methoxy groups -OCH3 is 1. The molecule has 0 spiro atoms. The van der Waals surface area contributed by atoms with Gasteiger partial charge in [-0.1, -0.05) is 17.7 Å². The van der Waals surface area contributed by atoms with Gasteiger partial charge in [-0.15, -0.1) is 0 Å². The van der Waals surface area contributed by atoms with Crippen molar-refractivity contribution < 1.29 is 18.1 Å². The predicted octanol–water partition coefficient (Wildman–Crippen LogP) is 4.52. The molecule has 186 valence electrons. The lowest BCUT2D eigenvalue weighted by Crippen LogP contribution is -2.16. The van der Waals surface area contributed by atoms with E-state index in [4.69, 9.17) is 4.74 Å². The third-order valence-electron chi connectivity index (χ3n) is 5.61. The van der Waals surface area contributed by atoms with E-state index in [1.165, 1.54) is 12.1 Å². The van der Waals surface area contributed by atoms with E-state index in [1.807, 2.05) is 32.9 Å². The Morgan fingerprint density at radius 2 is 1.80 bits per heavy atom. The molecule has 0 radical (unpaired) electrons.